The summed E-state index contributed by atoms with van der Waals surface area (Å²) in [6.07, 6.45) is 0.767. The van der Waals surface area contributed by atoms with Gasteiger partial charge in [0, 0.05) is 17.5 Å². The second kappa shape index (κ2) is 5.09. The van der Waals surface area contributed by atoms with E-state index in [-0.39, 0.29) is 5.38 Å². The lowest BCUT2D eigenvalue weighted by Gasteiger charge is -2.07. The van der Waals surface area contributed by atoms with Gasteiger partial charge >= 0.3 is 0 Å². The van der Waals surface area contributed by atoms with Crippen LogP contribution in [-0.2, 0) is 6.42 Å². The Balaban J connectivity index is 1.86. The van der Waals surface area contributed by atoms with Crippen molar-refractivity contribution >= 4 is 33.8 Å². The van der Waals surface area contributed by atoms with Crippen molar-refractivity contribution in [2.45, 2.75) is 11.8 Å². The van der Waals surface area contributed by atoms with E-state index in [4.69, 9.17) is 11.6 Å². The van der Waals surface area contributed by atoms with Crippen molar-refractivity contribution in [3.63, 3.8) is 0 Å². The molecule has 2 heterocycles. The third-order valence-corrected chi connectivity index (χ3v) is 4.06. The molecule has 1 unspecified atom stereocenters. The molecule has 0 radical (unpaired) electrons. The summed E-state index contributed by atoms with van der Waals surface area (Å²) >= 11 is 8.08. The predicted octanol–water partition coefficient (Wildman–Crippen LogP) is 4.82. The topological polar surface area (TPSA) is 12.9 Å². The van der Waals surface area contributed by atoms with Crippen molar-refractivity contribution in [1.82, 2.24) is 4.98 Å². The number of pyridine rings is 1. The number of alkyl halides is 1. The van der Waals surface area contributed by atoms with Gasteiger partial charge < -0.3 is 0 Å². The van der Waals surface area contributed by atoms with Crippen LogP contribution in [0.4, 0.5) is 0 Å². The van der Waals surface area contributed by atoms with Gasteiger partial charge in [-0.3, -0.25) is 4.98 Å². The summed E-state index contributed by atoms with van der Waals surface area (Å²) in [5.74, 6) is 0. The highest BCUT2D eigenvalue weighted by molar-refractivity contribution is 7.08. The molecule has 0 aliphatic carbocycles. The van der Waals surface area contributed by atoms with E-state index >= 15 is 0 Å². The molecule has 0 aliphatic heterocycles. The molecule has 90 valence electrons. The van der Waals surface area contributed by atoms with E-state index in [2.05, 4.69) is 40.0 Å². The minimum absolute atomic E-state index is 0.00455. The largest absolute Gasteiger partial charge is 0.253 e. The SMILES string of the molecule is ClC(Cc1ccc2ccccc2n1)c1ccsc1. The normalized spacial score (nSPS) is 12.7. The van der Waals surface area contributed by atoms with Gasteiger partial charge in [-0.1, -0.05) is 24.3 Å². The summed E-state index contributed by atoms with van der Waals surface area (Å²) in [6, 6.07) is 14.4. The Hall–Kier alpha value is -1.38. The van der Waals surface area contributed by atoms with Crippen molar-refractivity contribution in [3.05, 3.63) is 64.5 Å². The summed E-state index contributed by atoms with van der Waals surface area (Å²) in [5, 5.41) is 5.32. The van der Waals surface area contributed by atoms with Crippen molar-refractivity contribution in [2.24, 2.45) is 0 Å². The molecular formula is C15H12ClNS. The summed E-state index contributed by atoms with van der Waals surface area (Å²) in [5.41, 5.74) is 3.25. The zero-order valence-electron chi connectivity index (χ0n) is 9.71. The monoisotopic (exact) mass is 273 g/mol. The molecule has 2 aromatic heterocycles. The molecular weight excluding hydrogens is 262 g/mol. The van der Waals surface area contributed by atoms with Gasteiger partial charge in [0.2, 0.25) is 0 Å². The van der Waals surface area contributed by atoms with Gasteiger partial charge in [-0.05, 0) is 34.5 Å². The number of nitrogens with zero attached hydrogens (tertiary/aromatic N) is 1. The summed E-state index contributed by atoms with van der Waals surface area (Å²) in [4.78, 5) is 4.64. The molecule has 1 nitrogen and oxygen atoms in total. The number of hydrogen-bond donors (Lipinski definition) is 0. The Bertz CT molecular complexity index is 648. The molecule has 3 rings (SSSR count). The molecule has 0 N–H and O–H groups in total. The minimum Gasteiger partial charge on any atom is -0.253 e. The maximum atomic E-state index is 6.40. The molecule has 3 aromatic rings. The standard InChI is InChI=1S/C15H12ClNS/c16-14(12-7-8-18-10-12)9-13-6-5-11-3-1-2-4-15(11)17-13/h1-8,10,14H,9H2. The van der Waals surface area contributed by atoms with Crippen molar-refractivity contribution in [2.75, 3.05) is 0 Å². The third-order valence-electron chi connectivity index (χ3n) is 2.95. The first-order chi connectivity index (χ1) is 8.83. The second-order valence-electron chi connectivity index (χ2n) is 4.22. The Morgan fingerprint density at radius 2 is 2.00 bits per heavy atom. The van der Waals surface area contributed by atoms with Crippen LogP contribution in [0.15, 0.2) is 53.2 Å². The first-order valence-corrected chi connectivity index (χ1v) is 7.22. The van der Waals surface area contributed by atoms with Crippen molar-refractivity contribution < 1.29 is 0 Å². The molecule has 3 heteroatoms. The van der Waals surface area contributed by atoms with Gasteiger partial charge in [-0.2, -0.15) is 11.3 Å². The average Bonchev–Trinajstić information content (AvgIpc) is 2.92. The van der Waals surface area contributed by atoms with E-state index in [1.165, 1.54) is 10.9 Å². The number of fused-ring (bicyclic) bond motifs is 1. The third kappa shape index (κ3) is 2.40. The number of hydrogen-bond acceptors (Lipinski definition) is 2. The molecule has 18 heavy (non-hydrogen) atoms. The number of thiophene rings is 1. The molecule has 1 aromatic carbocycles. The minimum atomic E-state index is 0.00455. The Labute approximate surface area is 115 Å². The highest BCUT2D eigenvalue weighted by Crippen LogP contribution is 2.26. The van der Waals surface area contributed by atoms with Gasteiger partial charge in [0.05, 0.1) is 10.9 Å². The van der Waals surface area contributed by atoms with Crippen LogP contribution in [0.3, 0.4) is 0 Å². The van der Waals surface area contributed by atoms with Crippen molar-refractivity contribution in [1.29, 1.82) is 0 Å². The van der Waals surface area contributed by atoms with Crippen LogP contribution in [0.25, 0.3) is 10.9 Å². The fourth-order valence-corrected chi connectivity index (χ4v) is 3.06. The zero-order valence-corrected chi connectivity index (χ0v) is 11.3. The molecule has 1 atom stereocenters. The Morgan fingerprint density at radius 3 is 2.83 bits per heavy atom. The van der Waals surface area contributed by atoms with E-state index < -0.39 is 0 Å². The van der Waals surface area contributed by atoms with Crippen LogP contribution in [0.2, 0.25) is 0 Å². The van der Waals surface area contributed by atoms with Crippen LogP contribution in [0, 0.1) is 0 Å². The molecule has 0 saturated heterocycles. The Kier molecular flexibility index (Phi) is 3.31. The van der Waals surface area contributed by atoms with Crippen molar-refractivity contribution in [3.8, 4) is 0 Å². The number of para-hydroxylation sites is 1. The van der Waals surface area contributed by atoms with Crippen LogP contribution in [0.1, 0.15) is 16.6 Å². The van der Waals surface area contributed by atoms with E-state index in [0.29, 0.717) is 0 Å². The molecule has 0 spiro atoms. The molecule has 0 aliphatic rings. The quantitative estimate of drug-likeness (QED) is 0.624. The van der Waals surface area contributed by atoms with E-state index in [0.717, 1.165) is 17.6 Å². The summed E-state index contributed by atoms with van der Waals surface area (Å²) < 4.78 is 0. The van der Waals surface area contributed by atoms with Gasteiger partial charge in [0.25, 0.3) is 0 Å². The highest BCUT2D eigenvalue weighted by Gasteiger charge is 2.10. The van der Waals surface area contributed by atoms with Gasteiger partial charge in [-0.15, -0.1) is 11.6 Å². The fourth-order valence-electron chi connectivity index (χ4n) is 1.98. The first kappa shape index (κ1) is 11.7. The average molecular weight is 274 g/mol. The molecule has 0 fully saturated rings. The summed E-state index contributed by atoms with van der Waals surface area (Å²) in [7, 11) is 0. The van der Waals surface area contributed by atoms with Crippen LogP contribution < -0.4 is 0 Å². The zero-order chi connectivity index (χ0) is 12.4. The highest BCUT2D eigenvalue weighted by atomic mass is 35.5. The van der Waals surface area contributed by atoms with E-state index in [1.54, 1.807) is 11.3 Å². The maximum absolute atomic E-state index is 6.40. The predicted molar refractivity (Wildman–Crippen MR) is 78.4 cm³/mol. The lowest BCUT2D eigenvalue weighted by atomic mass is 10.1. The van der Waals surface area contributed by atoms with Crippen LogP contribution in [0.5, 0.6) is 0 Å². The first-order valence-electron chi connectivity index (χ1n) is 5.84. The van der Waals surface area contributed by atoms with Crippen LogP contribution >= 0.6 is 22.9 Å². The molecule has 0 saturated carbocycles. The van der Waals surface area contributed by atoms with Gasteiger partial charge in [0.1, 0.15) is 0 Å². The van der Waals surface area contributed by atoms with Gasteiger partial charge in [-0.25, -0.2) is 0 Å². The van der Waals surface area contributed by atoms with Gasteiger partial charge in [0.15, 0.2) is 0 Å². The second-order valence-corrected chi connectivity index (χ2v) is 5.53. The number of halogens is 1. The molecule has 0 amide bonds. The number of aromatic nitrogens is 1. The fraction of sp³-hybridized carbons (Fsp3) is 0.133. The van der Waals surface area contributed by atoms with Crippen LogP contribution in [-0.4, -0.2) is 4.98 Å². The van der Waals surface area contributed by atoms with E-state index in [1.807, 2.05) is 18.2 Å². The smallest absolute Gasteiger partial charge is 0.0705 e. The number of rotatable bonds is 3. The summed E-state index contributed by atoms with van der Waals surface area (Å²) in [6.45, 7) is 0. The Morgan fingerprint density at radius 1 is 1.11 bits per heavy atom. The van der Waals surface area contributed by atoms with E-state index in [9.17, 15) is 0 Å². The lowest BCUT2D eigenvalue weighted by Crippen LogP contribution is -1.97. The maximum Gasteiger partial charge on any atom is 0.0705 e. The molecule has 0 bridgehead atoms. The number of benzene rings is 1. The lowest BCUT2D eigenvalue weighted by molar-refractivity contribution is 0.892.